The first-order chi connectivity index (χ1) is 10.2. The second-order valence-electron chi connectivity index (χ2n) is 5.75. The number of ketones is 1. The summed E-state index contributed by atoms with van der Waals surface area (Å²) in [6.45, 7) is 5.14. The number of carbonyl (C=O) groups is 1. The van der Waals surface area contributed by atoms with Gasteiger partial charge in [0, 0.05) is 36.5 Å². The zero-order valence-electron chi connectivity index (χ0n) is 12.2. The van der Waals surface area contributed by atoms with Gasteiger partial charge < -0.3 is 10.1 Å². The van der Waals surface area contributed by atoms with Crippen molar-refractivity contribution < 1.29 is 9.53 Å². The maximum absolute atomic E-state index is 12.3. The Balaban J connectivity index is 1.65. The third-order valence-corrected chi connectivity index (χ3v) is 4.26. The van der Waals surface area contributed by atoms with Crippen LogP contribution in [0.3, 0.4) is 0 Å². The van der Waals surface area contributed by atoms with Gasteiger partial charge in [0.05, 0.1) is 13.2 Å². The van der Waals surface area contributed by atoms with E-state index in [-0.39, 0.29) is 5.78 Å². The van der Waals surface area contributed by atoms with Gasteiger partial charge in [-0.2, -0.15) is 0 Å². The van der Waals surface area contributed by atoms with E-state index in [9.17, 15) is 4.79 Å². The van der Waals surface area contributed by atoms with E-state index in [0.29, 0.717) is 24.6 Å². The molecule has 3 rings (SSSR count). The van der Waals surface area contributed by atoms with E-state index in [1.165, 1.54) is 0 Å². The third kappa shape index (κ3) is 3.76. The van der Waals surface area contributed by atoms with Gasteiger partial charge in [-0.15, -0.1) is 0 Å². The number of halogens is 1. The van der Waals surface area contributed by atoms with Crippen LogP contribution in [0, 0.1) is 0 Å². The summed E-state index contributed by atoms with van der Waals surface area (Å²) < 4.78 is 5.66. The molecule has 0 saturated carbocycles. The minimum Gasteiger partial charge on any atom is -0.493 e. The van der Waals surface area contributed by atoms with E-state index in [4.69, 9.17) is 16.3 Å². The summed E-state index contributed by atoms with van der Waals surface area (Å²) in [5, 5.41) is 4.05. The lowest BCUT2D eigenvalue weighted by atomic mass is 10.0. The predicted octanol–water partition coefficient (Wildman–Crippen LogP) is 1.68. The van der Waals surface area contributed by atoms with Crippen LogP contribution in [0.5, 0.6) is 5.75 Å². The number of nitrogens with one attached hydrogen (secondary N) is 1. The van der Waals surface area contributed by atoms with E-state index in [0.717, 1.165) is 55.9 Å². The summed E-state index contributed by atoms with van der Waals surface area (Å²) in [4.78, 5) is 14.6. The number of hydrogen-bond donors (Lipinski definition) is 1. The maximum Gasteiger partial charge on any atom is 0.151 e. The highest BCUT2D eigenvalue weighted by atomic mass is 35.5. The normalized spacial score (nSPS) is 18.9. The molecule has 0 unspecified atom stereocenters. The molecular formula is C16H21ClN2O2. The Morgan fingerprint density at radius 1 is 1.33 bits per heavy atom. The molecule has 0 aliphatic carbocycles. The number of Topliss-reactive ketones (excluding diaryl/α,β-unsaturated/α-hetero) is 1. The molecule has 0 aromatic heterocycles. The largest absolute Gasteiger partial charge is 0.493 e. The van der Waals surface area contributed by atoms with Crippen LogP contribution in [0.4, 0.5) is 0 Å². The minimum absolute atomic E-state index is 0.233. The first-order valence-electron chi connectivity index (χ1n) is 7.61. The molecule has 0 bridgehead atoms. The molecule has 2 aliphatic heterocycles. The predicted molar refractivity (Wildman–Crippen MR) is 83.3 cm³/mol. The molecule has 1 aromatic carbocycles. The van der Waals surface area contributed by atoms with Gasteiger partial charge in [-0.1, -0.05) is 11.6 Å². The van der Waals surface area contributed by atoms with Crippen LogP contribution < -0.4 is 10.1 Å². The molecule has 1 saturated heterocycles. The molecule has 1 aromatic rings. The van der Waals surface area contributed by atoms with Crippen molar-refractivity contribution in [3.63, 3.8) is 0 Å². The topological polar surface area (TPSA) is 41.6 Å². The molecular weight excluding hydrogens is 288 g/mol. The Bertz CT molecular complexity index is 525. The van der Waals surface area contributed by atoms with Gasteiger partial charge in [0.15, 0.2) is 5.78 Å². The number of ether oxygens (including phenoxy) is 1. The quantitative estimate of drug-likeness (QED) is 0.919. The fourth-order valence-electron chi connectivity index (χ4n) is 3.05. The summed E-state index contributed by atoms with van der Waals surface area (Å²) in [6, 6.07) is 3.81. The van der Waals surface area contributed by atoms with Crippen LogP contribution in [0.15, 0.2) is 12.1 Å². The van der Waals surface area contributed by atoms with Gasteiger partial charge in [-0.3, -0.25) is 9.69 Å². The molecule has 0 radical (unpaired) electrons. The van der Waals surface area contributed by atoms with Gasteiger partial charge in [-0.25, -0.2) is 0 Å². The van der Waals surface area contributed by atoms with Crippen LogP contribution in [-0.2, 0) is 17.6 Å². The van der Waals surface area contributed by atoms with E-state index in [1.54, 1.807) is 0 Å². The van der Waals surface area contributed by atoms with Crippen molar-refractivity contribution in [2.45, 2.75) is 19.3 Å². The zero-order chi connectivity index (χ0) is 14.7. The first kappa shape index (κ1) is 14.8. The highest BCUT2D eigenvalue weighted by Crippen LogP contribution is 2.33. The lowest BCUT2D eigenvalue weighted by Gasteiger charge is -2.18. The molecule has 114 valence electrons. The lowest BCUT2D eigenvalue weighted by Crippen LogP contribution is -2.33. The maximum atomic E-state index is 12.3. The van der Waals surface area contributed by atoms with Crippen LogP contribution in [0.1, 0.15) is 17.5 Å². The lowest BCUT2D eigenvalue weighted by molar-refractivity contribution is -0.119. The molecule has 21 heavy (non-hydrogen) atoms. The smallest absolute Gasteiger partial charge is 0.151 e. The van der Waals surface area contributed by atoms with Crippen molar-refractivity contribution in [2.75, 3.05) is 39.3 Å². The number of benzene rings is 1. The van der Waals surface area contributed by atoms with Crippen molar-refractivity contribution in [3.8, 4) is 5.75 Å². The van der Waals surface area contributed by atoms with Crippen molar-refractivity contribution >= 4 is 17.4 Å². The second-order valence-corrected chi connectivity index (χ2v) is 6.18. The SMILES string of the molecule is O=C(Cc1cc(Cl)cc2c1OCC2)CN1CCCNCC1. The molecule has 0 spiro atoms. The fraction of sp³-hybridized carbons (Fsp3) is 0.562. The minimum atomic E-state index is 0.233. The summed E-state index contributed by atoms with van der Waals surface area (Å²) in [6.07, 6.45) is 2.39. The number of fused-ring (bicyclic) bond motifs is 1. The van der Waals surface area contributed by atoms with Crippen molar-refractivity contribution in [1.29, 1.82) is 0 Å². The molecule has 0 amide bonds. The Morgan fingerprint density at radius 3 is 3.14 bits per heavy atom. The fourth-order valence-corrected chi connectivity index (χ4v) is 3.32. The molecule has 2 aliphatic rings. The first-order valence-corrected chi connectivity index (χ1v) is 7.99. The van der Waals surface area contributed by atoms with Crippen molar-refractivity contribution in [1.82, 2.24) is 10.2 Å². The molecule has 4 nitrogen and oxygen atoms in total. The van der Waals surface area contributed by atoms with Crippen molar-refractivity contribution in [2.24, 2.45) is 0 Å². The summed E-state index contributed by atoms with van der Waals surface area (Å²) in [7, 11) is 0. The van der Waals surface area contributed by atoms with Gasteiger partial charge in [0.1, 0.15) is 5.75 Å². The van der Waals surface area contributed by atoms with Crippen LogP contribution >= 0.6 is 11.6 Å². The van der Waals surface area contributed by atoms with E-state index >= 15 is 0 Å². The van der Waals surface area contributed by atoms with Crippen LogP contribution in [0.25, 0.3) is 0 Å². The number of nitrogens with zero attached hydrogens (tertiary/aromatic N) is 1. The molecule has 1 fully saturated rings. The average Bonchev–Trinajstić information content (AvgIpc) is 2.76. The molecule has 2 heterocycles. The monoisotopic (exact) mass is 308 g/mol. The Morgan fingerprint density at radius 2 is 2.24 bits per heavy atom. The van der Waals surface area contributed by atoms with Crippen molar-refractivity contribution in [3.05, 3.63) is 28.3 Å². The summed E-state index contributed by atoms with van der Waals surface area (Å²) >= 11 is 6.14. The van der Waals surface area contributed by atoms with E-state index in [1.807, 2.05) is 12.1 Å². The molecule has 5 heteroatoms. The Labute approximate surface area is 130 Å². The standard InChI is InChI=1S/C16H21ClN2O2/c17-14-8-12-2-7-21-16(12)13(9-14)10-15(20)11-19-5-1-3-18-4-6-19/h8-9,18H,1-7,10-11H2. The van der Waals surface area contributed by atoms with Gasteiger partial charge in [0.2, 0.25) is 0 Å². The Hall–Kier alpha value is -1.10. The second kappa shape index (κ2) is 6.77. The van der Waals surface area contributed by atoms with Gasteiger partial charge in [-0.05, 0) is 37.2 Å². The van der Waals surface area contributed by atoms with Gasteiger partial charge in [0.25, 0.3) is 0 Å². The van der Waals surface area contributed by atoms with E-state index in [2.05, 4.69) is 10.2 Å². The highest BCUT2D eigenvalue weighted by molar-refractivity contribution is 6.30. The number of carbonyl (C=O) groups excluding carboxylic acids is 1. The highest BCUT2D eigenvalue weighted by Gasteiger charge is 2.20. The number of hydrogen-bond acceptors (Lipinski definition) is 4. The van der Waals surface area contributed by atoms with Crippen LogP contribution in [0.2, 0.25) is 5.02 Å². The Kier molecular flexibility index (Phi) is 4.78. The van der Waals surface area contributed by atoms with Gasteiger partial charge >= 0.3 is 0 Å². The third-order valence-electron chi connectivity index (χ3n) is 4.05. The molecule has 0 atom stereocenters. The van der Waals surface area contributed by atoms with Crippen LogP contribution in [-0.4, -0.2) is 50.0 Å². The number of rotatable bonds is 4. The molecule has 1 N–H and O–H groups in total. The summed E-state index contributed by atoms with van der Waals surface area (Å²) in [5.41, 5.74) is 2.07. The zero-order valence-corrected chi connectivity index (χ0v) is 12.9. The summed E-state index contributed by atoms with van der Waals surface area (Å²) in [5.74, 6) is 1.11. The van der Waals surface area contributed by atoms with E-state index < -0.39 is 0 Å². The average molecular weight is 309 g/mol.